The summed E-state index contributed by atoms with van der Waals surface area (Å²) in [5, 5.41) is 21.6. The van der Waals surface area contributed by atoms with Gasteiger partial charge in [0.1, 0.15) is 18.3 Å². The van der Waals surface area contributed by atoms with Crippen molar-refractivity contribution in [2.75, 3.05) is 17.8 Å². The molecule has 0 bridgehead atoms. The SMILES string of the molecule is Cn1cc(-c2cc(O)cc(Nc3ncc4cc(C#C[S+](C)C)ccc4n3)c2)cn1. The molecule has 6 nitrogen and oxygen atoms in total. The first-order valence-corrected chi connectivity index (χ1v) is 11.0. The van der Waals surface area contributed by atoms with Crippen molar-refractivity contribution in [2.24, 2.45) is 7.05 Å². The normalized spacial score (nSPS) is 10.8. The van der Waals surface area contributed by atoms with Crippen LogP contribution < -0.4 is 5.32 Å². The summed E-state index contributed by atoms with van der Waals surface area (Å²) in [6, 6.07) is 11.2. The van der Waals surface area contributed by atoms with Gasteiger partial charge in [-0.15, -0.1) is 0 Å². The van der Waals surface area contributed by atoms with Crippen LogP contribution in [0.15, 0.2) is 55.0 Å². The maximum atomic E-state index is 10.1. The van der Waals surface area contributed by atoms with E-state index in [1.165, 1.54) is 0 Å². The van der Waals surface area contributed by atoms with E-state index in [-0.39, 0.29) is 16.6 Å². The lowest BCUT2D eigenvalue weighted by molar-refractivity contribution is 0.476. The number of aryl methyl sites for hydroxylation is 1. The first kappa shape index (κ1) is 18.8. The average Bonchev–Trinajstić information content (AvgIpc) is 3.12. The molecule has 0 amide bonds. The smallest absolute Gasteiger partial charge is 0.227 e. The van der Waals surface area contributed by atoms with Crippen molar-refractivity contribution >= 4 is 33.4 Å². The predicted molar refractivity (Wildman–Crippen MR) is 119 cm³/mol. The highest BCUT2D eigenvalue weighted by atomic mass is 32.2. The lowest BCUT2D eigenvalue weighted by Gasteiger charge is -2.08. The van der Waals surface area contributed by atoms with E-state index in [9.17, 15) is 5.11 Å². The molecule has 2 aromatic carbocycles. The van der Waals surface area contributed by atoms with Crippen molar-refractivity contribution in [3.8, 4) is 28.0 Å². The molecule has 0 aliphatic carbocycles. The van der Waals surface area contributed by atoms with Crippen LogP contribution in [0.3, 0.4) is 0 Å². The molecule has 0 fully saturated rings. The summed E-state index contributed by atoms with van der Waals surface area (Å²) in [6.07, 6.45) is 9.61. The highest BCUT2D eigenvalue weighted by Gasteiger charge is 2.07. The van der Waals surface area contributed by atoms with Crippen molar-refractivity contribution < 1.29 is 5.11 Å². The third-order valence-electron chi connectivity index (χ3n) is 4.19. The monoisotopic (exact) mass is 402 g/mol. The fraction of sp³-hybridized carbons (Fsp3) is 0.136. The molecule has 0 unspecified atom stereocenters. The number of phenolic OH excluding ortho intramolecular Hbond substituents is 1. The summed E-state index contributed by atoms with van der Waals surface area (Å²) in [6.45, 7) is 0. The van der Waals surface area contributed by atoms with Gasteiger partial charge in [0.2, 0.25) is 5.95 Å². The van der Waals surface area contributed by atoms with Crippen LogP contribution in [0.1, 0.15) is 5.56 Å². The van der Waals surface area contributed by atoms with Crippen molar-refractivity contribution in [1.29, 1.82) is 0 Å². The van der Waals surface area contributed by atoms with Gasteiger partial charge in [-0.3, -0.25) is 4.68 Å². The first-order valence-electron chi connectivity index (χ1n) is 8.92. The van der Waals surface area contributed by atoms with E-state index in [0.29, 0.717) is 11.6 Å². The zero-order valence-electron chi connectivity index (χ0n) is 16.3. The largest absolute Gasteiger partial charge is 0.508 e. The molecule has 29 heavy (non-hydrogen) atoms. The van der Waals surface area contributed by atoms with Gasteiger partial charge in [-0.05, 0) is 41.8 Å². The molecule has 2 N–H and O–H groups in total. The number of hydrogen-bond acceptors (Lipinski definition) is 5. The van der Waals surface area contributed by atoms with Crippen LogP contribution in [0.5, 0.6) is 5.75 Å². The zero-order valence-corrected chi connectivity index (χ0v) is 17.2. The fourth-order valence-corrected chi connectivity index (χ4v) is 3.20. The van der Waals surface area contributed by atoms with E-state index in [1.54, 1.807) is 29.2 Å². The van der Waals surface area contributed by atoms with Crippen LogP contribution in [0.4, 0.5) is 11.6 Å². The standard InChI is InChI=1S/C22H19N5OS/c1-27-14-18(13-24-27)16-9-19(11-20(28)10-16)25-22-23-12-17-8-15(6-7-29(2)3)4-5-21(17)26-22/h4-5,8-14H,1-3H3,(H-,23,25,26,28)/p+1. The van der Waals surface area contributed by atoms with E-state index >= 15 is 0 Å². The Balaban J connectivity index is 1.62. The van der Waals surface area contributed by atoms with E-state index in [2.05, 4.69) is 44.1 Å². The Bertz CT molecular complexity index is 1250. The Kier molecular flexibility index (Phi) is 5.10. The Hall–Kier alpha value is -3.50. The summed E-state index contributed by atoms with van der Waals surface area (Å²) in [4.78, 5) is 8.98. The number of aromatic hydroxyl groups is 1. The van der Waals surface area contributed by atoms with Gasteiger partial charge in [-0.1, -0.05) is 0 Å². The molecular formula is C22H20N5OS+. The van der Waals surface area contributed by atoms with Gasteiger partial charge < -0.3 is 10.4 Å². The Morgan fingerprint density at radius 1 is 1.07 bits per heavy atom. The summed E-state index contributed by atoms with van der Waals surface area (Å²) < 4.78 is 1.72. The van der Waals surface area contributed by atoms with E-state index in [0.717, 1.165) is 27.6 Å². The van der Waals surface area contributed by atoms with Crippen LogP contribution in [0.25, 0.3) is 22.0 Å². The lowest BCUT2D eigenvalue weighted by atomic mass is 10.1. The summed E-state index contributed by atoms with van der Waals surface area (Å²) in [7, 11) is 1.94. The molecule has 0 saturated heterocycles. The number of fused-ring (bicyclic) bond motifs is 1. The van der Waals surface area contributed by atoms with Crippen molar-refractivity contribution in [3.05, 3.63) is 60.6 Å². The number of anilines is 2. The molecule has 2 heterocycles. The third-order valence-corrected chi connectivity index (χ3v) is 4.70. The van der Waals surface area contributed by atoms with Crippen LogP contribution in [-0.2, 0) is 17.9 Å². The summed E-state index contributed by atoms with van der Waals surface area (Å²) in [5.74, 6) is 3.79. The highest BCUT2D eigenvalue weighted by Crippen LogP contribution is 2.29. The minimum Gasteiger partial charge on any atom is -0.508 e. The fourth-order valence-electron chi connectivity index (χ4n) is 2.88. The molecule has 144 valence electrons. The van der Waals surface area contributed by atoms with Gasteiger partial charge in [0.25, 0.3) is 0 Å². The Morgan fingerprint density at radius 3 is 2.69 bits per heavy atom. The minimum atomic E-state index is 0.0793. The van der Waals surface area contributed by atoms with E-state index < -0.39 is 0 Å². The lowest BCUT2D eigenvalue weighted by Crippen LogP contribution is -1.97. The molecule has 0 radical (unpaired) electrons. The molecule has 0 saturated carbocycles. The zero-order chi connectivity index (χ0) is 20.4. The number of nitrogens with zero attached hydrogens (tertiary/aromatic N) is 4. The van der Waals surface area contributed by atoms with Crippen LogP contribution in [-0.4, -0.2) is 37.4 Å². The number of aromatic nitrogens is 4. The molecule has 4 rings (SSSR count). The second-order valence-corrected chi connectivity index (χ2v) is 8.64. The van der Waals surface area contributed by atoms with Gasteiger partial charge >= 0.3 is 0 Å². The summed E-state index contributed by atoms with van der Waals surface area (Å²) in [5.41, 5.74) is 4.25. The molecule has 4 aromatic rings. The van der Waals surface area contributed by atoms with Crippen molar-refractivity contribution in [1.82, 2.24) is 19.7 Å². The van der Waals surface area contributed by atoms with Gasteiger partial charge in [-0.2, -0.15) is 5.10 Å². The third kappa shape index (κ3) is 4.50. The number of benzene rings is 2. The molecule has 7 heteroatoms. The van der Waals surface area contributed by atoms with Crippen LogP contribution >= 0.6 is 0 Å². The van der Waals surface area contributed by atoms with Gasteiger partial charge in [0.05, 0.1) is 22.6 Å². The number of phenols is 1. The topological polar surface area (TPSA) is 75.9 Å². The first-order chi connectivity index (χ1) is 14.0. The van der Waals surface area contributed by atoms with Crippen molar-refractivity contribution in [3.63, 3.8) is 0 Å². The number of hydrogen-bond donors (Lipinski definition) is 2. The van der Waals surface area contributed by atoms with Crippen molar-refractivity contribution in [2.45, 2.75) is 0 Å². The van der Waals surface area contributed by atoms with E-state index in [4.69, 9.17) is 0 Å². The molecule has 2 aromatic heterocycles. The highest BCUT2D eigenvalue weighted by molar-refractivity contribution is 8.00. The predicted octanol–water partition coefficient (Wildman–Crippen LogP) is 3.67. The maximum Gasteiger partial charge on any atom is 0.227 e. The molecule has 0 atom stereocenters. The maximum absolute atomic E-state index is 10.1. The summed E-state index contributed by atoms with van der Waals surface area (Å²) >= 11 is 0. The Labute approximate surface area is 172 Å². The average molecular weight is 403 g/mol. The van der Waals surface area contributed by atoms with Gasteiger partial charge in [-0.25, -0.2) is 9.97 Å². The number of rotatable bonds is 3. The van der Waals surface area contributed by atoms with Gasteiger partial charge in [0, 0.05) is 47.7 Å². The van der Waals surface area contributed by atoms with Crippen LogP contribution in [0.2, 0.25) is 0 Å². The molecular weight excluding hydrogens is 382 g/mol. The molecule has 0 spiro atoms. The molecule has 0 aliphatic heterocycles. The molecule has 0 aliphatic rings. The van der Waals surface area contributed by atoms with Gasteiger partial charge in [0.15, 0.2) is 5.25 Å². The quantitative estimate of drug-likeness (QED) is 0.404. The second-order valence-electron chi connectivity index (χ2n) is 6.81. The van der Waals surface area contributed by atoms with Crippen LogP contribution in [0, 0.1) is 11.2 Å². The van der Waals surface area contributed by atoms with E-state index in [1.807, 2.05) is 37.5 Å². The Morgan fingerprint density at radius 2 is 1.93 bits per heavy atom. The second kappa shape index (κ2) is 7.86. The number of nitrogens with one attached hydrogen (secondary N) is 1. The minimum absolute atomic E-state index is 0.0793.